The van der Waals surface area contributed by atoms with Crippen LogP contribution < -0.4 is 10.6 Å². The number of carboxylic acid groups (broad SMARTS) is 2. The summed E-state index contributed by atoms with van der Waals surface area (Å²) in [7, 11) is 0. The van der Waals surface area contributed by atoms with Crippen LogP contribution in [0.1, 0.15) is 24.1 Å². The van der Waals surface area contributed by atoms with Gasteiger partial charge >= 0.3 is 18.0 Å². The number of carbonyl (C=O) groups is 3. The molecule has 0 aliphatic heterocycles. The van der Waals surface area contributed by atoms with Gasteiger partial charge < -0.3 is 20.8 Å². The summed E-state index contributed by atoms with van der Waals surface area (Å²) in [5, 5.41) is 22.4. The van der Waals surface area contributed by atoms with Gasteiger partial charge in [0.2, 0.25) is 0 Å². The Morgan fingerprint density at radius 1 is 1.29 bits per heavy atom. The second-order valence-corrected chi connectivity index (χ2v) is 6.76. The van der Waals surface area contributed by atoms with Crippen molar-refractivity contribution in [1.82, 2.24) is 10.6 Å². The van der Waals surface area contributed by atoms with E-state index in [-0.39, 0.29) is 19.3 Å². The van der Waals surface area contributed by atoms with Gasteiger partial charge in [-0.25, -0.2) is 9.59 Å². The first-order chi connectivity index (χ1) is 9.88. The Morgan fingerprint density at radius 2 is 2.00 bits per heavy atom. The molecular formula is C12H15BrN2O5S. The molecule has 0 bridgehead atoms. The third-order valence-electron chi connectivity index (χ3n) is 2.54. The molecule has 0 saturated carbocycles. The minimum absolute atomic E-state index is 0.0691. The van der Waals surface area contributed by atoms with E-state index in [1.807, 2.05) is 12.1 Å². The second-order valence-electron chi connectivity index (χ2n) is 4.21. The Morgan fingerprint density at radius 3 is 2.52 bits per heavy atom. The van der Waals surface area contributed by atoms with Crippen LogP contribution in [0.4, 0.5) is 4.79 Å². The lowest BCUT2D eigenvalue weighted by molar-refractivity contribution is -0.140. The predicted octanol–water partition coefficient (Wildman–Crippen LogP) is 2.02. The zero-order valence-electron chi connectivity index (χ0n) is 11.0. The Balaban J connectivity index is 2.37. The number of carbonyl (C=O) groups excluding carboxylic acids is 1. The molecule has 1 heterocycles. The molecule has 0 saturated heterocycles. The molecule has 0 aliphatic rings. The zero-order chi connectivity index (χ0) is 15.8. The van der Waals surface area contributed by atoms with Crippen LogP contribution in [0.3, 0.4) is 0 Å². The van der Waals surface area contributed by atoms with Crippen molar-refractivity contribution < 1.29 is 24.6 Å². The fourth-order valence-electron chi connectivity index (χ4n) is 1.54. The summed E-state index contributed by atoms with van der Waals surface area (Å²) < 4.78 is 0.941. The number of rotatable bonds is 8. The minimum Gasteiger partial charge on any atom is -0.481 e. The number of hydrogen-bond donors (Lipinski definition) is 4. The number of urea groups is 1. The molecule has 1 aromatic rings. The Kier molecular flexibility index (Phi) is 7.17. The molecule has 1 rings (SSSR count). The Bertz CT molecular complexity index is 520. The largest absolute Gasteiger partial charge is 0.481 e. The molecule has 0 radical (unpaired) electrons. The van der Waals surface area contributed by atoms with Crippen LogP contribution in [0.25, 0.3) is 0 Å². The molecule has 0 unspecified atom stereocenters. The van der Waals surface area contributed by atoms with E-state index in [1.165, 1.54) is 11.3 Å². The predicted molar refractivity (Wildman–Crippen MR) is 80.3 cm³/mol. The van der Waals surface area contributed by atoms with E-state index in [4.69, 9.17) is 10.2 Å². The number of nitrogens with one attached hydrogen (secondary N) is 2. The maximum Gasteiger partial charge on any atom is 0.326 e. The topological polar surface area (TPSA) is 116 Å². The highest BCUT2D eigenvalue weighted by molar-refractivity contribution is 9.11. The second kappa shape index (κ2) is 8.63. The van der Waals surface area contributed by atoms with Crippen LogP contribution in [0, 0.1) is 0 Å². The van der Waals surface area contributed by atoms with Crippen LogP contribution in [-0.4, -0.2) is 34.2 Å². The number of thiophene rings is 1. The lowest BCUT2D eigenvalue weighted by atomic mass is 10.1. The first kappa shape index (κ1) is 17.4. The lowest BCUT2D eigenvalue weighted by Gasteiger charge is -2.14. The summed E-state index contributed by atoms with van der Waals surface area (Å²) in [5.74, 6) is -2.18. The van der Waals surface area contributed by atoms with Crippen molar-refractivity contribution in [3.8, 4) is 0 Å². The molecule has 2 amide bonds. The maximum atomic E-state index is 11.6. The quantitative estimate of drug-likeness (QED) is 0.552. The highest BCUT2D eigenvalue weighted by Crippen LogP contribution is 2.21. The molecule has 116 valence electrons. The summed E-state index contributed by atoms with van der Waals surface area (Å²) >= 11 is 4.77. The maximum absolute atomic E-state index is 11.6. The summed E-state index contributed by atoms with van der Waals surface area (Å²) in [5.41, 5.74) is 0. The van der Waals surface area contributed by atoms with Gasteiger partial charge in [-0.05, 0) is 40.9 Å². The Hall–Kier alpha value is -1.61. The van der Waals surface area contributed by atoms with E-state index in [0.717, 1.165) is 8.66 Å². The summed E-state index contributed by atoms with van der Waals surface area (Å²) in [6.07, 6.45) is 0.125. The molecule has 1 atom stereocenters. The molecule has 0 spiro atoms. The number of aliphatic carboxylic acids is 2. The molecule has 0 fully saturated rings. The van der Waals surface area contributed by atoms with Crippen molar-refractivity contribution >= 4 is 45.2 Å². The van der Waals surface area contributed by atoms with Crippen molar-refractivity contribution in [1.29, 1.82) is 0 Å². The van der Waals surface area contributed by atoms with Crippen molar-refractivity contribution in [3.05, 3.63) is 20.8 Å². The highest BCUT2D eigenvalue weighted by Gasteiger charge is 2.19. The summed E-state index contributed by atoms with van der Waals surface area (Å²) in [6.45, 7) is 0.295. The molecule has 9 heteroatoms. The molecule has 21 heavy (non-hydrogen) atoms. The Labute approximate surface area is 133 Å². The van der Waals surface area contributed by atoms with Crippen LogP contribution >= 0.6 is 27.3 Å². The van der Waals surface area contributed by atoms with Crippen LogP contribution in [0.5, 0.6) is 0 Å². The van der Waals surface area contributed by atoms with Gasteiger partial charge in [0, 0.05) is 11.3 Å². The van der Waals surface area contributed by atoms with Crippen LogP contribution in [0.2, 0.25) is 0 Å². The molecule has 1 aromatic heterocycles. The number of halogens is 1. The standard InChI is InChI=1S/C12H15BrN2O5S/c13-9-5-4-7(21-9)6-14-12(20)15-8(11(18)19)2-1-3-10(16)17/h4-5,8H,1-3,6H2,(H,16,17)(H,18,19)(H2,14,15,20)/t8-/m1/s1. The van der Waals surface area contributed by atoms with Gasteiger partial charge in [0.25, 0.3) is 0 Å². The van der Waals surface area contributed by atoms with E-state index in [0.29, 0.717) is 6.54 Å². The SMILES string of the molecule is O=C(O)CCC[C@@H](NC(=O)NCc1ccc(Br)s1)C(=O)O. The minimum atomic E-state index is -1.19. The number of hydrogen-bond acceptors (Lipinski definition) is 4. The van der Waals surface area contributed by atoms with Crippen molar-refractivity contribution in [2.75, 3.05) is 0 Å². The van der Waals surface area contributed by atoms with Crippen LogP contribution in [0.15, 0.2) is 15.9 Å². The zero-order valence-corrected chi connectivity index (χ0v) is 13.4. The van der Waals surface area contributed by atoms with Crippen molar-refractivity contribution in [2.24, 2.45) is 0 Å². The number of carboxylic acids is 2. The average Bonchev–Trinajstić information content (AvgIpc) is 2.80. The molecule has 0 aliphatic carbocycles. The van der Waals surface area contributed by atoms with Gasteiger partial charge in [-0.1, -0.05) is 0 Å². The average molecular weight is 379 g/mol. The van der Waals surface area contributed by atoms with E-state index in [2.05, 4.69) is 26.6 Å². The molecule has 4 N–H and O–H groups in total. The van der Waals surface area contributed by atoms with Crippen molar-refractivity contribution in [2.45, 2.75) is 31.8 Å². The van der Waals surface area contributed by atoms with Crippen LogP contribution in [-0.2, 0) is 16.1 Å². The molecular weight excluding hydrogens is 364 g/mol. The van der Waals surface area contributed by atoms with Crippen molar-refractivity contribution in [3.63, 3.8) is 0 Å². The fraction of sp³-hybridized carbons (Fsp3) is 0.417. The van der Waals surface area contributed by atoms with Gasteiger partial charge in [0.1, 0.15) is 6.04 Å². The van der Waals surface area contributed by atoms with Gasteiger partial charge in [-0.15, -0.1) is 11.3 Å². The van der Waals surface area contributed by atoms with Gasteiger partial charge in [0.15, 0.2) is 0 Å². The highest BCUT2D eigenvalue weighted by atomic mass is 79.9. The summed E-state index contributed by atoms with van der Waals surface area (Å²) in [6, 6.07) is 2.00. The first-order valence-electron chi connectivity index (χ1n) is 6.11. The normalized spacial score (nSPS) is 11.7. The number of amides is 2. The van der Waals surface area contributed by atoms with E-state index < -0.39 is 24.0 Å². The lowest BCUT2D eigenvalue weighted by Crippen LogP contribution is -2.45. The molecule has 7 nitrogen and oxygen atoms in total. The monoisotopic (exact) mass is 378 g/mol. The third kappa shape index (κ3) is 7.09. The van der Waals surface area contributed by atoms with Gasteiger partial charge in [-0.3, -0.25) is 4.79 Å². The van der Waals surface area contributed by atoms with E-state index >= 15 is 0 Å². The first-order valence-corrected chi connectivity index (χ1v) is 7.72. The molecule has 0 aromatic carbocycles. The van der Waals surface area contributed by atoms with E-state index in [9.17, 15) is 14.4 Å². The smallest absolute Gasteiger partial charge is 0.326 e. The third-order valence-corrected chi connectivity index (χ3v) is 4.16. The van der Waals surface area contributed by atoms with Gasteiger partial charge in [0.05, 0.1) is 10.3 Å². The van der Waals surface area contributed by atoms with E-state index in [1.54, 1.807) is 0 Å². The summed E-state index contributed by atoms with van der Waals surface area (Å²) in [4.78, 5) is 33.9. The van der Waals surface area contributed by atoms with Gasteiger partial charge in [-0.2, -0.15) is 0 Å². The fourth-order valence-corrected chi connectivity index (χ4v) is 2.96.